The second-order valence-electron chi connectivity index (χ2n) is 8.10. The summed E-state index contributed by atoms with van der Waals surface area (Å²) in [5.41, 5.74) is 2.07. The van der Waals surface area contributed by atoms with Crippen LogP contribution in [0.3, 0.4) is 0 Å². The van der Waals surface area contributed by atoms with Gasteiger partial charge in [0, 0.05) is 36.5 Å². The van der Waals surface area contributed by atoms with E-state index in [2.05, 4.69) is 21.3 Å². The number of rotatable bonds is 8. The number of benzene rings is 1. The van der Waals surface area contributed by atoms with Gasteiger partial charge >= 0.3 is 0 Å². The molecule has 0 spiro atoms. The van der Waals surface area contributed by atoms with Crippen LogP contribution >= 0.6 is 11.6 Å². The summed E-state index contributed by atoms with van der Waals surface area (Å²) in [5, 5.41) is 3.68. The summed E-state index contributed by atoms with van der Waals surface area (Å²) in [7, 11) is 0. The van der Waals surface area contributed by atoms with Crippen LogP contribution < -0.4 is 5.32 Å². The van der Waals surface area contributed by atoms with E-state index in [9.17, 15) is 4.79 Å². The van der Waals surface area contributed by atoms with E-state index in [1.165, 1.54) is 32.1 Å². The van der Waals surface area contributed by atoms with E-state index < -0.39 is 0 Å². The topological polar surface area (TPSA) is 58.4 Å². The quantitative estimate of drug-likeness (QED) is 0.498. The predicted octanol–water partition coefficient (Wildman–Crippen LogP) is 5.59. The normalized spacial score (nSPS) is 14.6. The van der Waals surface area contributed by atoms with Crippen molar-refractivity contribution < 1.29 is 9.21 Å². The fraction of sp³-hybridized carbons (Fsp3) is 0.360. The number of hydrogen-bond acceptors (Lipinski definition) is 4. The summed E-state index contributed by atoms with van der Waals surface area (Å²) in [6.07, 6.45) is 9.63. The Kier molecular flexibility index (Phi) is 7.39. The van der Waals surface area contributed by atoms with Gasteiger partial charge in [-0.05, 0) is 48.2 Å². The van der Waals surface area contributed by atoms with E-state index in [1.807, 2.05) is 36.4 Å². The second-order valence-corrected chi connectivity index (χ2v) is 8.51. The van der Waals surface area contributed by atoms with Gasteiger partial charge in [0.2, 0.25) is 0 Å². The number of halogens is 1. The van der Waals surface area contributed by atoms with Crippen molar-refractivity contribution in [1.82, 2.24) is 15.2 Å². The Hall–Kier alpha value is -2.63. The van der Waals surface area contributed by atoms with Crippen LogP contribution in [0.2, 0.25) is 5.02 Å². The highest BCUT2D eigenvalue weighted by atomic mass is 35.5. The van der Waals surface area contributed by atoms with Crippen molar-refractivity contribution in [2.75, 3.05) is 0 Å². The smallest absolute Gasteiger partial charge is 0.287 e. The minimum absolute atomic E-state index is 0.217. The van der Waals surface area contributed by atoms with Crippen molar-refractivity contribution in [2.45, 2.75) is 57.8 Å². The van der Waals surface area contributed by atoms with Gasteiger partial charge in [0.05, 0.1) is 6.54 Å². The molecule has 0 unspecified atom stereocenters. The molecule has 2 heterocycles. The van der Waals surface area contributed by atoms with Crippen molar-refractivity contribution in [3.8, 4) is 0 Å². The molecular weight excluding hydrogens is 410 g/mol. The molecule has 4 rings (SSSR count). The van der Waals surface area contributed by atoms with Crippen LogP contribution in [0.4, 0.5) is 0 Å². The van der Waals surface area contributed by atoms with E-state index in [4.69, 9.17) is 16.0 Å². The highest BCUT2D eigenvalue weighted by Crippen LogP contribution is 2.28. The van der Waals surface area contributed by atoms with Gasteiger partial charge in [-0.1, -0.05) is 55.1 Å². The summed E-state index contributed by atoms with van der Waals surface area (Å²) in [4.78, 5) is 19.0. The van der Waals surface area contributed by atoms with Crippen molar-refractivity contribution in [2.24, 2.45) is 0 Å². The minimum Gasteiger partial charge on any atom is -0.455 e. The molecule has 1 fully saturated rings. The van der Waals surface area contributed by atoms with Gasteiger partial charge in [-0.2, -0.15) is 0 Å². The van der Waals surface area contributed by atoms with Crippen LogP contribution in [-0.4, -0.2) is 21.8 Å². The van der Waals surface area contributed by atoms with Crippen LogP contribution in [0.5, 0.6) is 0 Å². The van der Waals surface area contributed by atoms with Crippen LogP contribution in [0.25, 0.3) is 0 Å². The van der Waals surface area contributed by atoms with Crippen LogP contribution in [0.15, 0.2) is 65.3 Å². The van der Waals surface area contributed by atoms with Gasteiger partial charge in [-0.3, -0.25) is 14.7 Å². The number of carbonyl (C=O) groups is 1. The molecule has 31 heavy (non-hydrogen) atoms. The molecule has 0 radical (unpaired) electrons. The monoisotopic (exact) mass is 437 g/mol. The van der Waals surface area contributed by atoms with Gasteiger partial charge in [-0.25, -0.2) is 0 Å². The Morgan fingerprint density at radius 3 is 2.68 bits per heavy atom. The lowest BCUT2D eigenvalue weighted by atomic mass is 9.93. The van der Waals surface area contributed by atoms with E-state index >= 15 is 0 Å². The number of nitrogens with one attached hydrogen (secondary N) is 1. The van der Waals surface area contributed by atoms with E-state index in [0.29, 0.717) is 24.9 Å². The number of aromatic nitrogens is 1. The Morgan fingerprint density at radius 1 is 1.06 bits per heavy atom. The average Bonchev–Trinajstić information content (AvgIpc) is 3.28. The molecule has 1 amide bonds. The largest absolute Gasteiger partial charge is 0.455 e. The van der Waals surface area contributed by atoms with E-state index in [0.717, 1.165) is 28.5 Å². The molecule has 0 aliphatic heterocycles. The maximum Gasteiger partial charge on any atom is 0.287 e. The molecule has 0 bridgehead atoms. The first-order valence-electron chi connectivity index (χ1n) is 10.9. The first-order chi connectivity index (χ1) is 15.2. The van der Waals surface area contributed by atoms with E-state index in [-0.39, 0.29) is 5.91 Å². The molecule has 1 N–H and O–H groups in total. The standard InChI is InChI=1S/C25H28ClN3O2/c26-23-11-5-4-8-20(23)17-29(21-9-2-1-3-10-21)18-22-12-13-24(31-22)25(30)28-16-19-7-6-14-27-15-19/h4-8,11-15,21H,1-3,9-10,16-18H2,(H,28,30). The van der Waals surface area contributed by atoms with Gasteiger partial charge in [0.25, 0.3) is 5.91 Å². The Labute approximate surface area is 188 Å². The SMILES string of the molecule is O=C(NCc1cccnc1)c1ccc(CN(Cc2ccccc2Cl)C2CCCCC2)o1. The molecule has 6 heteroatoms. The zero-order valence-corrected chi connectivity index (χ0v) is 18.4. The Morgan fingerprint density at radius 2 is 1.90 bits per heavy atom. The zero-order chi connectivity index (χ0) is 21.5. The van der Waals surface area contributed by atoms with Crippen LogP contribution in [0, 0.1) is 0 Å². The lowest BCUT2D eigenvalue weighted by Gasteiger charge is -2.34. The molecular formula is C25H28ClN3O2. The van der Waals surface area contributed by atoms with Crippen LogP contribution in [-0.2, 0) is 19.6 Å². The lowest BCUT2D eigenvalue weighted by Crippen LogP contribution is -2.35. The lowest BCUT2D eigenvalue weighted by molar-refractivity contribution is 0.0913. The highest BCUT2D eigenvalue weighted by Gasteiger charge is 2.23. The number of hydrogen-bond donors (Lipinski definition) is 1. The first kappa shape index (κ1) is 21.6. The Bertz CT molecular complexity index is 983. The summed E-state index contributed by atoms with van der Waals surface area (Å²) in [6.45, 7) is 1.85. The molecule has 3 aromatic rings. The van der Waals surface area contributed by atoms with Gasteiger partial charge in [0.15, 0.2) is 5.76 Å². The number of nitrogens with zero attached hydrogens (tertiary/aromatic N) is 2. The molecule has 1 aliphatic rings. The average molecular weight is 438 g/mol. The van der Waals surface area contributed by atoms with Crippen molar-refractivity contribution in [3.63, 3.8) is 0 Å². The third-order valence-electron chi connectivity index (χ3n) is 5.84. The first-order valence-corrected chi connectivity index (χ1v) is 11.3. The van der Waals surface area contributed by atoms with Crippen molar-refractivity contribution in [3.05, 3.63) is 88.6 Å². The molecule has 162 valence electrons. The fourth-order valence-electron chi connectivity index (χ4n) is 4.16. The molecule has 1 aliphatic carbocycles. The zero-order valence-electron chi connectivity index (χ0n) is 17.6. The van der Waals surface area contributed by atoms with Crippen molar-refractivity contribution in [1.29, 1.82) is 0 Å². The predicted molar refractivity (Wildman–Crippen MR) is 122 cm³/mol. The maximum atomic E-state index is 12.5. The van der Waals surface area contributed by atoms with Crippen molar-refractivity contribution >= 4 is 17.5 Å². The molecule has 2 aromatic heterocycles. The molecule has 0 atom stereocenters. The second kappa shape index (κ2) is 10.6. The maximum absolute atomic E-state index is 12.5. The molecule has 1 aromatic carbocycles. The molecule has 1 saturated carbocycles. The number of pyridine rings is 1. The van der Waals surface area contributed by atoms with Gasteiger partial charge in [0.1, 0.15) is 5.76 Å². The number of furan rings is 1. The minimum atomic E-state index is -0.217. The Balaban J connectivity index is 1.42. The van der Waals surface area contributed by atoms with Gasteiger partial charge < -0.3 is 9.73 Å². The summed E-state index contributed by atoms with van der Waals surface area (Å²) in [5.74, 6) is 0.912. The van der Waals surface area contributed by atoms with Crippen LogP contribution in [0.1, 0.15) is 59.5 Å². The van der Waals surface area contributed by atoms with E-state index in [1.54, 1.807) is 18.5 Å². The summed E-state index contributed by atoms with van der Waals surface area (Å²) in [6, 6.07) is 15.9. The molecule has 5 nitrogen and oxygen atoms in total. The fourth-order valence-corrected chi connectivity index (χ4v) is 4.36. The third-order valence-corrected chi connectivity index (χ3v) is 6.21. The van der Waals surface area contributed by atoms with Gasteiger partial charge in [-0.15, -0.1) is 0 Å². The summed E-state index contributed by atoms with van der Waals surface area (Å²) < 4.78 is 5.92. The number of amides is 1. The highest BCUT2D eigenvalue weighted by molar-refractivity contribution is 6.31. The summed E-state index contributed by atoms with van der Waals surface area (Å²) >= 11 is 6.43. The number of carbonyl (C=O) groups excluding carboxylic acids is 1. The third kappa shape index (κ3) is 5.96. The molecule has 0 saturated heterocycles.